The molecule has 0 bridgehead atoms. The topological polar surface area (TPSA) is 75.6 Å². The number of rotatable bonds is 3. The van der Waals surface area contributed by atoms with Gasteiger partial charge in [0.1, 0.15) is 12.1 Å². The van der Waals surface area contributed by atoms with E-state index in [2.05, 4.69) is 14.9 Å². The van der Waals surface area contributed by atoms with Crippen molar-refractivity contribution in [1.82, 2.24) is 9.97 Å². The lowest BCUT2D eigenvalue weighted by atomic mass is 9.95. The Balaban J connectivity index is 1.91. The Bertz CT molecular complexity index is 506. The zero-order chi connectivity index (χ0) is 13.9. The maximum atomic E-state index is 11.0. The minimum atomic E-state index is -0.798. The molecule has 1 aliphatic carbocycles. The van der Waals surface area contributed by atoms with Gasteiger partial charge in [-0.15, -0.1) is 0 Å². The molecule has 0 spiro atoms. The van der Waals surface area contributed by atoms with Gasteiger partial charge in [0.2, 0.25) is 0 Å². The molecule has 0 saturated carbocycles. The second-order valence-electron chi connectivity index (χ2n) is 5.35. The average Bonchev–Trinajstić information content (AvgIpc) is 2.47. The van der Waals surface area contributed by atoms with Gasteiger partial charge in [-0.25, -0.2) is 9.97 Å². The van der Waals surface area contributed by atoms with Gasteiger partial charge in [-0.3, -0.25) is 4.79 Å². The molecule has 1 aromatic heterocycles. The molecule has 1 aliphatic heterocycles. The van der Waals surface area contributed by atoms with Gasteiger partial charge >= 0.3 is 5.97 Å². The summed E-state index contributed by atoms with van der Waals surface area (Å²) in [7, 11) is 0. The lowest BCUT2D eigenvalue weighted by Gasteiger charge is -2.37. The molecular weight excluding hydrogens is 258 g/mol. The number of ether oxygens (including phenoxy) is 1. The number of carboxylic acid groups (broad SMARTS) is 1. The molecule has 0 aromatic carbocycles. The minimum absolute atomic E-state index is 0.0821. The summed E-state index contributed by atoms with van der Waals surface area (Å²) in [6.07, 6.45) is 6.00. The van der Waals surface area contributed by atoms with Crippen LogP contribution in [-0.2, 0) is 22.4 Å². The molecule has 1 N–H and O–H groups in total. The van der Waals surface area contributed by atoms with Gasteiger partial charge in [0, 0.05) is 17.8 Å². The number of morpholine rings is 1. The second kappa shape index (κ2) is 5.75. The number of carbonyl (C=O) groups is 1. The van der Waals surface area contributed by atoms with Crippen molar-refractivity contribution in [3.8, 4) is 0 Å². The predicted octanol–water partition coefficient (Wildman–Crippen LogP) is 1.04. The Labute approximate surface area is 117 Å². The van der Waals surface area contributed by atoms with E-state index in [4.69, 9.17) is 9.84 Å². The molecule has 6 nitrogen and oxygen atoms in total. The lowest BCUT2D eigenvalue weighted by Crippen LogP contribution is -2.47. The Morgan fingerprint density at radius 2 is 2.25 bits per heavy atom. The zero-order valence-corrected chi connectivity index (χ0v) is 11.4. The third-order valence-electron chi connectivity index (χ3n) is 4.01. The number of hydrogen-bond donors (Lipinski definition) is 1. The third-order valence-corrected chi connectivity index (χ3v) is 4.01. The van der Waals surface area contributed by atoms with Gasteiger partial charge in [0.15, 0.2) is 0 Å². The number of aromatic nitrogens is 2. The van der Waals surface area contributed by atoms with Crippen molar-refractivity contribution in [2.75, 3.05) is 24.7 Å². The number of fused-ring (bicyclic) bond motifs is 1. The van der Waals surface area contributed by atoms with Crippen LogP contribution in [0.3, 0.4) is 0 Å². The number of aliphatic carboxylic acids is 1. The van der Waals surface area contributed by atoms with E-state index in [1.165, 1.54) is 12.0 Å². The fourth-order valence-electron chi connectivity index (χ4n) is 3.06. The second-order valence-corrected chi connectivity index (χ2v) is 5.35. The summed E-state index contributed by atoms with van der Waals surface area (Å²) < 4.78 is 5.43. The highest BCUT2D eigenvalue weighted by molar-refractivity contribution is 5.68. The maximum absolute atomic E-state index is 11.0. The molecule has 108 valence electrons. The quantitative estimate of drug-likeness (QED) is 0.889. The Kier molecular flexibility index (Phi) is 3.82. The van der Waals surface area contributed by atoms with Crippen LogP contribution < -0.4 is 4.90 Å². The fourth-order valence-corrected chi connectivity index (χ4v) is 3.06. The van der Waals surface area contributed by atoms with Crippen LogP contribution in [-0.4, -0.2) is 46.8 Å². The molecule has 6 heteroatoms. The fraction of sp³-hybridized carbons (Fsp3) is 0.643. The predicted molar refractivity (Wildman–Crippen MR) is 72.9 cm³/mol. The van der Waals surface area contributed by atoms with E-state index >= 15 is 0 Å². The summed E-state index contributed by atoms with van der Waals surface area (Å²) in [4.78, 5) is 21.9. The van der Waals surface area contributed by atoms with Crippen molar-refractivity contribution in [2.24, 2.45) is 0 Å². The molecule has 3 rings (SSSR count). The Morgan fingerprint density at radius 1 is 1.40 bits per heavy atom. The molecule has 1 fully saturated rings. The van der Waals surface area contributed by atoms with E-state index in [1.807, 2.05) is 0 Å². The van der Waals surface area contributed by atoms with Crippen LogP contribution in [0.5, 0.6) is 0 Å². The van der Waals surface area contributed by atoms with Crippen LogP contribution in [0.4, 0.5) is 5.82 Å². The van der Waals surface area contributed by atoms with E-state index in [-0.39, 0.29) is 12.5 Å². The average molecular weight is 277 g/mol. The van der Waals surface area contributed by atoms with E-state index in [9.17, 15) is 4.79 Å². The van der Waals surface area contributed by atoms with Gasteiger partial charge in [-0.1, -0.05) is 0 Å². The number of nitrogens with zero attached hydrogens (tertiary/aromatic N) is 3. The molecular formula is C14H19N3O3. The van der Waals surface area contributed by atoms with Crippen molar-refractivity contribution in [1.29, 1.82) is 0 Å². The van der Waals surface area contributed by atoms with E-state index in [0.717, 1.165) is 30.8 Å². The van der Waals surface area contributed by atoms with Crippen molar-refractivity contribution >= 4 is 11.8 Å². The highest BCUT2D eigenvalue weighted by atomic mass is 16.5. The highest BCUT2D eigenvalue weighted by Gasteiger charge is 2.29. The normalized spacial score (nSPS) is 22.4. The molecule has 2 aliphatic rings. The summed E-state index contributed by atoms with van der Waals surface area (Å²) in [5, 5.41) is 9.05. The number of hydrogen-bond acceptors (Lipinski definition) is 5. The van der Waals surface area contributed by atoms with Gasteiger partial charge < -0.3 is 14.7 Å². The SMILES string of the molecule is O=C(O)CC1COCCN1c1ncnc2c1CCCC2. The monoisotopic (exact) mass is 277 g/mol. The Morgan fingerprint density at radius 3 is 3.10 bits per heavy atom. The van der Waals surface area contributed by atoms with Gasteiger partial charge in [-0.05, 0) is 25.7 Å². The lowest BCUT2D eigenvalue weighted by molar-refractivity contribution is -0.138. The molecule has 0 amide bonds. The number of carboxylic acids is 1. The summed E-state index contributed by atoms with van der Waals surface area (Å²) in [6, 6.07) is -0.137. The van der Waals surface area contributed by atoms with Gasteiger partial charge in [0.25, 0.3) is 0 Å². The zero-order valence-electron chi connectivity index (χ0n) is 11.4. The summed E-state index contributed by atoms with van der Waals surface area (Å²) in [5.74, 6) is 0.123. The molecule has 1 unspecified atom stereocenters. The van der Waals surface area contributed by atoms with Crippen LogP contribution in [0.2, 0.25) is 0 Å². The largest absolute Gasteiger partial charge is 0.481 e. The molecule has 0 radical (unpaired) electrons. The van der Waals surface area contributed by atoms with Gasteiger partial charge in [-0.2, -0.15) is 0 Å². The summed E-state index contributed by atoms with van der Waals surface area (Å²) >= 11 is 0. The first-order valence-corrected chi connectivity index (χ1v) is 7.14. The van der Waals surface area contributed by atoms with Crippen molar-refractivity contribution in [2.45, 2.75) is 38.1 Å². The van der Waals surface area contributed by atoms with E-state index < -0.39 is 5.97 Å². The number of anilines is 1. The molecule has 1 aromatic rings. The van der Waals surface area contributed by atoms with Crippen molar-refractivity contribution in [3.63, 3.8) is 0 Å². The van der Waals surface area contributed by atoms with Crippen LogP contribution in [0, 0.1) is 0 Å². The smallest absolute Gasteiger partial charge is 0.305 e. The standard InChI is InChI=1S/C14H19N3O3/c18-13(19)7-10-8-20-6-5-17(10)14-11-3-1-2-4-12(11)15-9-16-14/h9-10H,1-8H2,(H,18,19). The summed E-state index contributed by atoms with van der Waals surface area (Å²) in [6.45, 7) is 1.77. The maximum Gasteiger partial charge on any atom is 0.305 e. The first-order valence-electron chi connectivity index (χ1n) is 7.14. The first kappa shape index (κ1) is 13.3. The minimum Gasteiger partial charge on any atom is -0.481 e. The van der Waals surface area contributed by atoms with Crippen LogP contribution >= 0.6 is 0 Å². The summed E-state index contributed by atoms with van der Waals surface area (Å²) in [5.41, 5.74) is 2.33. The van der Waals surface area contributed by atoms with Crippen LogP contribution in [0.15, 0.2) is 6.33 Å². The Hall–Kier alpha value is -1.69. The molecule has 2 heterocycles. The van der Waals surface area contributed by atoms with Crippen molar-refractivity contribution in [3.05, 3.63) is 17.6 Å². The first-order chi connectivity index (χ1) is 9.75. The molecule has 1 atom stereocenters. The van der Waals surface area contributed by atoms with E-state index in [1.54, 1.807) is 6.33 Å². The van der Waals surface area contributed by atoms with Gasteiger partial charge in [0.05, 0.1) is 25.7 Å². The highest BCUT2D eigenvalue weighted by Crippen LogP contribution is 2.29. The van der Waals surface area contributed by atoms with Crippen molar-refractivity contribution < 1.29 is 14.6 Å². The number of aryl methyl sites for hydroxylation is 1. The van der Waals surface area contributed by atoms with Crippen LogP contribution in [0.25, 0.3) is 0 Å². The molecule has 20 heavy (non-hydrogen) atoms. The van der Waals surface area contributed by atoms with E-state index in [0.29, 0.717) is 19.8 Å². The third kappa shape index (κ3) is 2.60. The van der Waals surface area contributed by atoms with Crippen LogP contribution in [0.1, 0.15) is 30.5 Å². The molecule has 1 saturated heterocycles.